The molecular weight excluding hydrogens is 196 g/mol. The number of hydrogen-bond acceptors (Lipinski definition) is 1. The van der Waals surface area contributed by atoms with Crippen LogP contribution < -0.4 is 0 Å². The smallest absolute Gasteiger partial charge is 0.245 e. The minimum atomic E-state index is -2.29. The van der Waals surface area contributed by atoms with Gasteiger partial charge in [0.2, 0.25) is 6.43 Å². The van der Waals surface area contributed by atoms with E-state index >= 15 is 0 Å². The van der Waals surface area contributed by atoms with E-state index in [4.69, 9.17) is 0 Å². The zero-order valence-corrected chi connectivity index (χ0v) is 9.37. The SMILES string of the molecule is CC(c1ccc(CN(C)C)cc1)C(F)F. The molecule has 1 nitrogen and oxygen atoms in total. The Balaban J connectivity index is 2.72. The molecule has 0 saturated carbocycles. The Hall–Kier alpha value is -0.960. The first-order valence-corrected chi connectivity index (χ1v) is 5.02. The maximum Gasteiger partial charge on any atom is 0.245 e. The fourth-order valence-electron chi connectivity index (χ4n) is 1.44. The van der Waals surface area contributed by atoms with Crippen LogP contribution in [0.1, 0.15) is 24.0 Å². The summed E-state index contributed by atoms with van der Waals surface area (Å²) in [7, 11) is 3.96. The van der Waals surface area contributed by atoms with Crippen LogP contribution in [-0.2, 0) is 6.54 Å². The van der Waals surface area contributed by atoms with Crippen molar-refractivity contribution in [2.75, 3.05) is 14.1 Å². The lowest BCUT2D eigenvalue weighted by Gasteiger charge is -2.13. The molecule has 15 heavy (non-hydrogen) atoms. The van der Waals surface area contributed by atoms with Gasteiger partial charge in [0.1, 0.15) is 0 Å². The summed E-state index contributed by atoms with van der Waals surface area (Å²) < 4.78 is 24.8. The summed E-state index contributed by atoms with van der Waals surface area (Å²) in [5.41, 5.74) is 1.85. The van der Waals surface area contributed by atoms with Gasteiger partial charge in [-0.2, -0.15) is 0 Å². The number of rotatable bonds is 4. The number of benzene rings is 1. The summed E-state index contributed by atoms with van der Waals surface area (Å²) in [6, 6.07) is 7.40. The second-order valence-electron chi connectivity index (χ2n) is 4.10. The normalized spacial score (nSPS) is 13.5. The summed E-state index contributed by atoms with van der Waals surface area (Å²) >= 11 is 0. The Bertz CT molecular complexity index is 293. The molecule has 3 heteroatoms. The van der Waals surface area contributed by atoms with E-state index in [1.165, 1.54) is 0 Å². The predicted octanol–water partition coefficient (Wildman–Crippen LogP) is 3.12. The lowest BCUT2D eigenvalue weighted by atomic mass is 10.0. The van der Waals surface area contributed by atoms with Crippen LogP contribution >= 0.6 is 0 Å². The Morgan fingerprint density at radius 1 is 1.13 bits per heavy atom. The molecule has 1 atom stereocenters. The van der Waals surface area contributed by atoms with Crippen LogP contribution in [0.25, 0.3) is 0 Å². The maximum atomic E-state index is 12.4. The van der Waals surface area contributed by atoms with E-state index < -0.39 is 12.3 Å². The Morgan fingerprint density at radius 2 is 1.67 bits per heavy atom. The zero-order valence-electron chi connectivity index (χ0n) is 9.37. The molecule has 0 heterocycles. The van der Waals surface area contributed by atoms with Crippen LogP contribution in [0.4, 0.5) is 8.78 Å². The van der Waals surface area contributed by atoms with Crippen molar-refractivity contribution in [1.29, 1.82) is 0 Å². The molecule has 0 aliphatic heterocycles. The summed E-state index contributed by atoms with van der Waals surface area (Å²) in [5.74, 6) is -0.682. The van der Waals surface area contributed by atoms with Gasteiger partial charge in [0.15, 0.2) is 0 Å². The van der Waals surface area contributed by atoms with E-state index in [0.717, 1.165) is 12.1 Å². The van der Waals surface area contributed by atoms with Crippen molar-refractivity contribution in [2.45, 2.75) is 25.8 Å². The molecule has 1 rings (SSSR count). The molecule has 1 aromatic rings. The topological polar surface area (TPSA) is 3.24 Å². The molecule has 0 fully saturated rings. The summed E-state index contributed by atoms with van der Waals surface area (Å²) in [4.78, 5) is 2.05. The van der Waals surface area contributed by atoms with Gasteiger partial charge in [0, 0.05) is 12.5 Å². The Labute approximate surface area is 89.7 Å². The van der Waals surface area contributed by atoms with Gasteiger partial charge in [0.05, 0.1) is 0 Å². The number of halogens is 2. The molecule has 1 aromatic carbocycles. The second kappa shape index (κ2) is 5.21. The van der Waals surface area contributed by atoms with Gasteiger partial charge in [-0.1, -0.05) is 31.2 Å². The van der Waals surface area contributed by atoms with Crippen molar-refractivity contribution in [3.63, 3.8) is 0 Å². The summed E-state index contributed by atoms with van der Waals surface area (Å²) in [5, 5.41) is 0. The molecule has 0 bridgehead atoms. The Kier molecular flexibility index (Phi) is 4.21. The lowest BCUT2D eigenvalue weighted by molar-refractivity contribution is 0.121. The standard InChI is InChI=1S/C12H17F2N/c1-9(12(13)14)11-6-4-10(5-7-11)8-15(2)3/h4-7,9,12H,8H2,1-3H3. The van der Waals surface area contributed by atoms with Crippen LogP contribution in [0.3, 0.4) is 0 Å². The van der Waals surface area contributed by atoms with Crippen molar-refractivity contribution in [2.24, 2.45) is 0 Å². The molecule has 0 aliphatic carbocycles. The van der Waals surface area contributed by atoms with Crippen LogP contribution in [0.5, 0.6) is 0 Å². The molecule has 0 amide bonds. The number of nitrogens with zero attached hydrogens (tertiary/aromatic N) is 1. The van der Waals surface area contributed by atoms with Gasteiger partial charge < -0.3 is 4.90 Å². The number of alkyl halides is 2. The van der Waals surface area contributed by atoms with E-state index in [1.807, 2.05) is 31.1 Å². The highest BCUT2D eigenvalue weighted by Gasteiger charge is 2.16. The van der Waals surface area contributed by atoms with Gasteiger partial charge in [-0.05, 0) is 25.2 Å². The van der Waals surface area contributed by atoms with E-state index in [2.05, 4.69) is 0 Å². The largest absolute Gasteiger partial charge is 0.305 e. The fraction of sp³-hybridized carbons (Fsp3) is 0.500. The third-order valence-corrected chi connectivity index (χ3v) is 2.38. The molecule has 84 valence electrons. The van der Waals surface area contributed by atoms with Crippen LogP contribution in [-0.4, -0.2) is 25.4 Å². The van der Waals surface area contributed by atoms with Gasteiger partial charge in [-0.25, -0.2) is 8.78 Å². The van der Waals surface area contributed by atoms with Crippen molar-refractivity contribution in [1.82, 2.24) is 4.90 Å². The highest BCUT2D eigenvalue weighted by atomic mass is 19.3. The molecule has 0 saturated heterocycles. The van der Waals surface area contributed by atoms with Gasteiger partial charge in [-0.15, -0.1) is 0 Å². The molecular formula is C12H17F2N. The quantitative estimate of drug-likeness (QED) is 0.742. The highest BCUT2D eigenvalue weighted by Crippen LogP contribution is 2.22. The molecule has 0 radical (unpaired) electrons. The highest BCUT2D eigenvalue weighted by molar-refractivity contribution is 5.25. The first-order chi connectivity index (χ1) is 7.00. The minimum Gasteiger partial charge on any atom is -0.305 e. The molecule has 1 unspecified atom stereocenters. The van der Waals surface area contributed by atoms with Crippen molar-refractivity contribution >= 4 is 0 Å². The van der Waals surface area contributed by atoms with E-state index in [9.17, 15) is 8.78 Å². The van der Waals surface area contributed by atoms with E-state index in [-0.39, 0.29) is 0 Å². The average Bonchev–Trinajstić information content (AvgIpc) is 2.17. The molecule has 0 aliphatic rings. The third kappa shape index (κ3) is 3.59. The van der Waals surface area contributed by atoms with E-state index in [1.54, 1.807) is 19.1 Å². The first kappa shape index (κ1) is 12.1. The van der Waals surface area contributed by atoms with Crippen LogP contribution in [0.2, 0.25) is 0 Å². The molecule has 0 aromatic heterocycles. The summed E-state index contributed by atoms with van der Waals surface area (Å²) in [6.07, 6.45) is -2.29. The predicted molar refractivity (Wildman–Crippen MR) is 58.3 cm³/mol. The first-order valence-electron chi connectivity index (χ1n) is 5.02. The lowest BCUT2D eigenvalue weighted by Crippen LogP contribution is -2.11. The van der Waals surface area contributed by atoms with Gasteiger partial charge >= 0.3 is 0 Å². The summed E-state index contributed by atoms with van der Waals surface area (Å²) in [6.45, 7) is 2.38. The van der Waals surface area contributed by atoms with Gasteiger partial charge in [0.25, 0.3) is 0 Å². The fourth-order valence-corrected chi connectivity index (χ4v) is 1.44. The van der Waals surface area contributed by atoms with Crippen molar-refractivity contribution in [3.8, 4) is 0 Å². The van der Waals surface area contributed by atoms with Crippen LogP contribution in [0, 0.1) is 0 Å². The second-order valence-corrected chi connectivity index (χ2v) is 4.10. The average molecular weight is 213 g/mol. The minimum absolute atomic E-state index is 0.682. The van der Waals surface area contributed by atoms with Gasteiger partial charge in [-0.3, -0.25) is 0 Å². The van der Waals surface area contributed by atoms with Crippen molar-refractivity contribution < 1.29 is 8.78 Å². The maximum absolute atomic E-state index is 12.4. The number of hydrogen-bond donors (Lipinski definition) is 0. The molecule has 0 spiro atoms. The third-order valence-electron chi connectivity index (χ3n) is 2.38. The van der Waals surface area contributed by atoms with Crippen molar-refractivity contribution in [3.05, 3.63) is 35.4 Å². The molecule has 0 N–H and O–H groups in total. The monoisotopic (exact) mass is 213 g/mol. The Morgan fingerprint density at radius 3 is 2.07 bits per heavy atom. The van der Waals surface area contributed by atoms with Crippen LogP contribution in [0.15, 0.2) is 24.3 Å². The zero-order chi connectivity index (χ0) is 11.4. The van der Waals surface area contributed by atoms with E-state index in [0.29, 0.717) is 5.56 Å².